The lowest BCUT2D eigenvalue weighted by molar-refractivity contribution is 0.0695. The van der Waals surface area contributed by atoms with E-state index in [1.54, 1.807) is 91.9 Å². The summed E-state index contributed by atoms with van der Waals surface area (Å²) in [4.78, 5) is 87.3. The van der Waals surface area contributed by atoms with Crippen molar-refractivity contribution >= 4 is 130 Å². The Labute approximate surface area is 714 Å². The molecule has 16 N–H and O–H groups in total. The number of halogens is 4. The second kappa shape index (κ2) is 40.1. The number of nitrogens with zero attached hydrogens (tertiary/aromatic N) is 16. The van der Waals surface area contributed by atoms with Crippen molar-refractivity contribution in [3.63, 3.8) is 0 Å². The number of hydrogen-bond acceptors (Lipinski definition) is 28. The van der Waals surface area contributed by atoms with Crippen LogP contribution in [0.1, 0.15) is 123 Å². The number of nitrogen functional groups attached to an aromatic ring is 4. The van der Waals surface area contributed by atoms with Gasteiger partial charge < -0.3 is 100 Å². The van der Waals surface area contributed by atoms with Gasteiger partial charge in [0.05, 0.1) is 146 Å². The SMILES string of the molecule is COc1c(C)cnc(Cn2cc(C#CCC(C)(C)OP(=O)(O)O)c3c(Cl)nc(N)nc32)c1C.COc1c(C)cnc(Cn2cc(C#CCC(C)OP(=O)(O)O)c3c(Cl)nc(N)nc32)c1C.COc1c(C)cnc(Cn2cc(C#C[C@@H](O)CO)c3c(Cl)nc(N)nc32)c1C.COc1c(C)cnc(Cn2cc(C#C[C@H](O)CO)c3c(Cl)nc(N)nc32)c1C. The Bertz CT molecular complexity index is 6130. The van der Waals surface area contributed by atoms with Crippen LogP contribution >= 0.6 is 62.0 Å². The van der Waals surface area contributed by atoms with Crippen LogP contribution in [-0.2, 0) is 44.4 Å². The Hall–Kier alpha value is -11.1. The first-order chi connectivity index (χ1) is 57.0. The Balaban J connectivity index is 0.000000184. The molecule has 42 heteroatoms. The smallest absolute Gasteiger partial charge is 0.470 e. The summed E-state index contributed by atoms with van der Waals surface area (Å²) < 4.78 is 60.7. The summed E-state index contributed by atoms with van der Waals surface area (Å²) in [6.07, 6.45) is 11.1. The zero-order valence-electron chi connectivity index (χ0n) is 68.2. The number of ether oxygens (including phenoxy) is 4. The van der Waals surface area contributed by atoms with Crippen molar-refractivity contribution < 1.29 is 77.1 Å². The van der Waals surface area contributed by atoms with Gasteiger partial charge in [-0.25, -0.2) is 29.1 Å². The zero-order valence-corrected chi connectivity index (χ0v) is 73.0. The van der Waals surface area contributed by atoms with Crippen molar-refractivity contribution in [1.82, 2.24) is 78.1 Å². The van der Waals surface area contributed by atoms with Crippen LogP contribution in [0, 0.1) is 103 Å². The molecule has 12 rings (SSSR count). The van der Waals surface area contributed by atoms with E-state index in [4.69, 9.17) is 123 Å². The van der Waals surface area contributed by atoms with Crippen LogP contribution in [0.3, 0.4) is 0 Å². The summed E-state index contributed by atoms with van der Waals surface area (Å²) in [6, 6.07) is 0. The van der Waals surface area contributed by atoms with Gasteiger partial charge >= 0.3 is 15.6 Å². The number of anilines is 4. The number of aryl methyl sites for hydroxylation is 4. The van der Waals surface area contributed by atoms with Gasteiger partial charge in [-0.3, -0.25) is 29.0 Å². The van der Waals surface area contributed by atoms with Crippen molar-refractivity contribution in [1.29, 1.82) is 0 Å². The predicted molar refractivity (Wildman–Crippen MR) is 458 cm³/mol. The molecule has 0 saturated heterocycles. The van der Waals surface area contributed by atoms with Gasteiger partial charge in [-0.15, -0.1) is 0 Å². The van der Waals surface area contributed by atoms with Gasteiger partial charge in [0, 0.05) is 107 Å². The lowest BCUT2D eigenvalue weighted by atomic mass is 10.1. The van der Waals surface area contributed by atoms with E-state index < -0.39 is 52.8 Å². The third kappa shape index (κ3) is 23.4. The monoisotopic (exact) mass is 1770 g/mol. The van der Waals surface area contributed by atoms with Crippen molar-refractivity contribution in [2.24, 2.45) is 0 Å². The van der Waals surface area contributed by atoms with Gasteiger partial charge in [0.15, 0.2) is 0 Å². The van der Waals surface area contributed by atoms with E-state index in [0.29, 0.717) is 92.6 Å². The molecule has 1 unspecified atom stereocenters. The van der Waals surface area contributed by atoms with Gasteiger partial charge in [0.25, 0.3) is 0 Å². The quantitative estimate of drug-likeness (QED) is 0.0192. The van der Waals surface area contributed by atoms with Gasteiger partial charge in [0.1, 0.15) is 78.4 Å². The number of methoxy groups -OCH3 is 4. The molecular formula is C79H88Cl4N20O16P2. The van der Waals surface area contributed by atoms with Crippen LogP contribution in [0.15, 0.2) is 49.6 Å². The standard InChI is InChI=1S/C21H25ClN5O5P.C20H23ClN5O5P.2C19H20ClN5O3/c1-12-9-24-15(13(2)17(12)31-5)11-27-10-14(16-18(22)25-20(23)26-19(16)27)7-6-8-21(3,4)32-33(28,29)30;1-11-8-23-15(13(3)17(11)30-4)10-26-9-14(7-5-6-12(2)31-32(27,28)29)16-18(21)24-20(22)25-19(16)26;2*1-10-6-22-14(11(2)16(10)28-3)8-25-7-12(4-5-13(27)9-26)15-17(20)23-19(21)24-18(15)25/h9-10H,8,11H2,1-5H3,(H2,23,25,26)(H2,28,29,30);8-9,12H,6,10H2,1-4H3,(H2,22,24,25)(H2,27,28,29);2*6-7,13,26-27H,8-9H2,1-3H3,(H2,21,23,24)/t;;2*13-/m..10/s1. The van der Waals surface area contributed by atoms with E-state index >= 15 is 0 Å². The molecule has 0 aliphatic heterocycles. The second-order valence-electron chi connectivity index (χ2n) is 27.8. The molecule has 0 aromatic carbocycles. The molecule has 0 spiro atoms. The summed E-state index contributed by atoms with van der Waals surface area (Å²) in [5, 5.41) is 39.7. The zero-order chi connectivity index (χ0) is 89.0. The summed E-state index contributed by atoms with van der Waals surface area (Å²) >= 11 is 25.2. The number of phosphoric acid groups is 2. The van der Waals surface area contributed by atoms with Crippen LogP contribution in [0.2, 0.25) is 20.6 Å². The number of fused-ring (bicyclic) bond motifs is 4. The minimum absolute atomic E-state index is 0.0219. The van der Waals surface area contributed by atoms with E-state index in [1.807, 2.05) is 73.7 Å². The normalized spacial score (nSPS) is 12.1. The number of rotatable bonds is 20. The van der Waals surface area contributed by atoms with Gasteiger partial charge in [-0.2, -0.15) is 19.9 Å². The fourth-order valence-electron chi connectivity index (χ4n) is 12.7. The van der Waals surface area contributed by atoms with E-state index in [0.717, 1.165) is 90.3 Å². The first-order valence-electron chi connectivity index (χ1n) is 36.3. The van der Waals surface area contributed by atoms with Gasteiger partial charge in [-0.1, -0.05) is 93.8 Å². The Morgan fingerprint density at radius 2 is 0.702 bits per heavy atom. The number of aliphatic hydroxyl groups is 4. The molecule has 0 amide bonds. The first kappa shape index (κ1) is 93.8. The number of hydrogen-bond donors (Lipinski definition) is 12. The molecule has 121 heavy (non-hydrogen) atoms. The number of aliphatic hydroxyl groups excluding tert-OH is 4. The largest absolute Gasteiger partial charge is 0.496 e. The fourth-order valence-corrected chi connectivity index (χ4v) is 15.1. The van der Waals surface area contributed by atoms with Gasteiger partial charge in [0.2, 0.25) is 23.8 Å². The van der Waals surface area contributed by atoms with Crippen molar-refractivity contribution in [2.45, 2.75) is 139 Å². The maximum Gasteiger partial charge on any atom is 0.470 e. The summed E-state index contributed by atoms with van der Waals surface area (Å²) in [5.41, 5.74) is 36.6. The fraction of sp³-hybridized carbons (Fsp3) is 0.342. The van der Waals surface area contributed by atoms with Gasteiger partial charge in [-0.05, 0) is 76.2 Å². The molecule has 12 heterocycles. The Morgan fingerprint density at radius 3 is 0.950 bits per heavy atom. The van der Waals surface area contributed by atoms with Crippen LogP contribution in [-0.4, -0.2) is 184 Å². The molecule has 0 saturated carbocycles. The van der Waals surface area contributed by atoms with Crippen molar-refractivity contribution in [3.8, 4) is 70.4 Å². The van der Waals surface area contributed by atoms with E-state index in [1.165, 1.54) is 6.92 Å². The van der Waals surface area contributed by atoms with Crippen LogP contribution in [0.4, 0.5) is 23.8 Å². The third-order valence-electron chi connectivity index (χ3n) is 18.2. The third-order valence-corrected chi connectivity index (χ3v) is 20.6. The highest BCUT2D eigenvalue weighted by Crippen LogP contribution is 2.43. The average molecular weight is 1780 g/mol. The molecule has 3 atom stereocenters. The number of aromatic nitrogens is 16. The lowest BCUT2D eigenvalue weighted by Gasteiger charge is -2.22. The summed E-state index contributed by atoms with van der Waals surface area (Å²) in [6.45, 7) is 20.6. The molecule has 0 aliphatic rings. The van der Waals surface area contributed by atoms with E-state index in [-0.39, 0.29) is 57.2 Å². The average Bonchev–Trinajstić information content (AvgIpc) is 1.65. The molecule has 0 bridgehead atoms. The molecule has 12 aromatic rings. The minimum atomic E-state index is -4.65. The molecule has 0 fully saturated rings. The maximum atomic E-state index is 11.2. The highest BCUT2D eigenvalue weighted by Gasteiger charge is 2.29. The number of pyridine rings is 4. The van der Waals surface area contributed by atoms with Crippen LogP contribution in [0.25, 0.3) is 44.1 Å². The maximum absolute atomic E-state index is 11.2. The summed E-state index contributed by atoms with van der Waals surface area (Å²) in [7, 11) is -2.75. The molecule has 0 aliphatic carbocycles. The minimum Gasteiger partial charge on any atom is -0.496 e. The molecular weight excluding hydrogens is 1690 g/mol. The van der Waals surface area contributed by atoms with Crippen molar-refractivity contribution in [2.75, 3.05) is 64.6 Å². The topological polar surface area (TPSA) is 530 Å². The highest BCUT2D eigenvalue weighted by molar-refractivity contribution is 7.46. The lowest BCUT2D eigenvalue weighted by Crippen LogP contribution is -2.21. The Kier molecular flexibility index (Phi) is 31.1. The number of phosphoric ester groups is 2. The molecule has 36 nitrogen and oxygen atoms in total. The Morgan fingerprint density at radius 1 is 0.438 bits per heavy atom. The predicted octanol–water partition coefficient (Wildman–Crippen LogP) is 9.22. The molecule has 12 aromatic heterocycles. The van der Waals surface area contributed by atoms with Crippen LogP contribution in [0.5, 0.6) is 23.0 Å². The van der Waals surface area contributed by atoms with Crippen molar-refractivity contribution in [3.05, 3.63) is 160 Å². The number of nitrogens with two attached hydrogens (primary N) is 4. The summed E-state index contributed by atoms with van der Waals surface area (Å²) in [5.74, 6) is 25.7. The first-order valence-corrected chi connectivity index (χ1v) is 40.9. The molecule has 0 radical (unpaired) electrons. The molecule has 638 valence electrons. The van der Waals surface area contributed by atoms with E-state index in [2.05, 4.69) is 112 Å². The second-order valence-corrected chi connectivity index (χ2v) is 31.6. The van der Waals surface area contributed by atoms with E-state index in [9.17, 15) is 19.3 Å². The highest BCUT2D eigenvalue weighted by atomic mass is 35.5. The van der Waals surface area contributed by atoms with Crippen LogP contribution < -0.4 is 41.9 Å².